The first-order valence-electron chi connectivity index (χ1n) is 6.19. The number of rotatable bonds is 2. The summed E-state index contributed by atoms with van der Waals surface area (Å²) in [6.45, 7) is 0. The summed E-state index contributed by atoms with van der Waals surface area (Å²) in [5.74, 6) is 0.114. The molecule has 0 spiro atoms. The molecule has 3 rings (SSSR count). The number of pyridine rings is 1. The van der Waals surface area contributed by atoms with Gasteiger partial charge in [0.15, 0.2) is 0 Å². The van der Waals surface area contributed by atoms with E-state index in [9.17, 15) is 9.65 Å². The summed E-state index contributed by atoms with van der Waals surface area (Å²) in [6.07, 6.45) is 0. The van der Waals surface area contributed by atoms with E-state index in [1.807, 2.05) is 24.3 Å². The van der Waals surface area contributed by atoms with Gasteiger partial charge in [-0.25, -0.2) is 9.37 Å². The van der Waals surface area contributed by atoms with Gasteiger partial charge >= 0.3 is 0 Å². The molecule has 3 aromatic rings. The molecule has 0 unspecified atom stereocenters. The van der Waals surface area contributed by atoms with Crippen molar-refractivity contribution in [3.8, 4) is 6.07 Å². The summed E-state index contributed by atoms with van der Waals surface area (Å²) in [5, 5.41) is 13.2. The third-order valence-electron chi connectivity index (χ3n) is 3.03. The predicted octanol–water partition coefficient (Wildman–Crippen LogP) is 4.75. The summed E-state index contributed by atoms with van der Waals surface area (Å²) in [4.78, 5) is 4.46. The van der Waals surface area contributed by atoms with Gasteiger partial charge in [0.05, 0.1) is 16.8 Å². The Hall–Kier alpha value is -2.45. The van der Waals surface area contributed by atoms with Crippen LogP contribution in [-0.4, -0.2) is 4.98 Å². The number of fused-ring (bicyclic) bond motifs is 1. The molecule has 0 radical (unpaired) electrons. The second-order valence-corrected chi connectivity index (χ2v) is 5.29. The molecule has 0 aliphatic carbocycles. The van der Waals surface area contributed by atoms with Gasteiger partial charge in [-0.2, -0.15) is 5.26 Å². The van der Waals surface area contributed by atoms with Gasteiger partial charge in [-0.1, -0.05) is 18.2 Å². The SMILES string of the molecule is N#Cc1cc2ccccc2nc1Nc1ccc(F)cc1Br. The number of nitrogens with one attached hydrogen (secondary N) is 1. The lowest BCUT2D eigenvalue weighted by molar-refractivity contribution is 0.627. The van der Waals surface area contributed by atoms with Crippen molar-refractivity contribution < 1.29 is 4.39 Å². The molecule has 0 atom stereocenters. The van der Waals surface area contributed by atoms with Crippen molar-refractivity contribution in [3.05, 3.63) is 64.4 Å². The smallest absolute Gasteiger partial charge is 0.149 e. The third-order valence-corrected chi connectivity index (χ3v) is 3.68. The zero-order chi connectivity index (χ0) is 14.8. The Bertz CT molecular complexity index is 871. The molecule has 102 valence electrons. The van der Waals surface area contributed by atoms with Crippen molar-refractivity contribution in [1.82, 2.24) is 4.98 Å². The van der Waals surface area contributed by atoms with Crippen LogP contribution < -0.4 is 5.32 Å². The first kappa shape index (κ1) is 13.5. The largest absolute Gasteiger partial charge is 0.338 e. The minimum atomic E-state index is -0.334. The highest BCUT2D eigenvalue weighted by Gasteiger charge is 2.09. The molecule has 3 nitrogen and oxygen atoms in total. The minimum Gasteiger partial charge on any atom is -0.338 e. The van der Waals surface area contributed by atoms with Crippen molar-refractivity contribution in [1.29, 1.82) is 5.26 Å². The number of halogens is 2. The molecule has 5 heteroatoms. The first-order valence-corrected chi connectivity index (χ1v) is 6.98. The summed E-state index contributed by atoms with van der Waals surface area (Å²) < 4.78 is 13.7. The van der Waals surface area contributed by atoms with Crippen LogP contribution >= 0.6 is 15.9 Å². The van der Waals surface area contributed by atoms with Crippen LogP contribution in [0.5, 0.6) is 0 Å². The van der Waals surface area contributed by atoms with Crippen LogP contribution in [0.4, 0.5) is 15.9 Å². The number of benzene rings is 2. The van der Waals surface area contributed by atoms with Gasteiger partial charge < -0.3 is 5.32 Å². The highest BCUT2D eigenvalue weighted by Crippen LogP contribution is 2.28. The van der Waals surface area contributed by atoms with Crippen LogP contribution in [-0.2, 0) is 0 Å². The van der Waals surface area contributed by atoms with Crippen LogP contribution in [0.3, 0.4) is 0 Å². The third kappa shape index (κ3) is 2.71. The zero-order valence-corrected chi connectivity index (χ0v) is 12.4. The van der Waals surface area contributed by atoms with E-state index in [1.54, 1.807) is 12.1 Å². The molecule has 1 aromatic heterocycles. The molecule has 1 heterocycles. The number of aromatic nitrogens is 1. The van der Waals surface area contributed by atoms with Crippen molar-refractivity contribution in [2.75, 3.05) is 5.32 Å². The summed E-state index contributed by atoms with van der Waals surface area (Å²) in [5.41, 5.74) is 1.87. The zero-order valence-electron chi connectivity index (χ0n) is 10.8. The Morgan fingerprint density at radius 1 is 1.14 bits per heavy atom. The molecule has 2 aromatic carbocycles. The fraction of sp³-hybridized carbons (Fsp3) is 0. The Labute approximate surface area is 129 Å². The van der Waals surface area contributed by atoms with Gasteiger partial charge in [-0.05, 0) is 46.3 Å². The quantitative estimate of drug-likeness (QED) is 0.731. The molecule has 0 fully saturated rings. The van der Waals surface area contributed by atoms with E-state index in [4.69, 9.17) is 0 Å². The number of anilines is 2. The maximum atomic E-state index is 13.1. The average Bonchev–Trinajstić information content (AvgIpc) is 2.49. The van der Waals surface area contributed by atoms with E-state index >= 15 is 0 Å². The highest BCUT2D eigenvalue weighted by atomic mass is 79.9. The van der Waals surface area contributed by atoms with E-state index in [1.165, 1.54) is 12.1 Å². The predicted molar refractivity (Wildman–Crippen MR) is 83.8 cm³/mol. The lowest BCUT2D eigenvalue weighted by atomic mass is 10.1. The highest BCUT2D eigenvalue weighted by molar-refractivity contribution is 9.10. The van der Waals surface area contributed by atoms with Gasteiger partial charge in [0, 0.05) is 9.86 Å². The normalized spacial score (nSPS) is 10.3. The molecule has 1 N–H and O–H groups in total. The Balaban J connectivity index is 2.09. The lowest BCUT2D eigenvalue weighted by Crippen LogP contribution is -1.98. The van der Waals surface area contributed by atoms with Crippen LogP contribution in [0.15, 0.2) is 53.0 Å². The second-order valence-electron chi connectivity index (χ2n) is 4.44. The molecule has 0 amide bonds. The maximum Gasteiger partial charge on any atom is 0.149 e. The summed E-state index contributed by atoms with van der Waals surface area (Å²) in [6, 6.07) is 15.8. The Morgan fingerprint density at radius 2 is 1.95 bits per heavy atom. The molecule has 0 saturated heterocycles. The molecule has 0 aliphatic rings. The summed E-state index contributed by atoms with van der Waals surface area (Å²) >= 11 is 3.29. The fourth-order valence-electron chi connectivity index (χ4n) is 2.01. The van der Waals surface area contributed by atoms with Crippen LogP contribution in [0.25, 0.3) is 10.9 Å². The van der Waals surface area contributed by atoms with E-state index < -0.39 is 0 Å². The molecule has 21 heavy (non-hydrogen) atoms. The van der Waals surface area contributed by atoms with E-state index in [2.05, 4.69) is 32.3 Å². The topological polar surface area (TPSA) is 48.7 Å². The Morgan fingerprint density at radius 3 is 2.71 bits per heavy atom. The Kier molecular flexibility index (Phi) is 3.55. The molecular formula is C16H9BrFN3. The first-order chi connectivity index (χ1) is 10.2. The van der Waals surface area contributed by atoms with Crippen molar-refractivity contribution in [3.63, 3.8) is 0 Å². The van der Waals surface area contributed by atoms with Crippen molar-refractivity contribution >= 4 is 38.3 Å². The lowest BCUT2D eigenvalue weighted by Gasteiger charge is -2.10. The summed E-state index contributed by atoms with van der Waals surface area (Å²) in [7, 11) is 0. The van der Waals surface area contributed by atoms with Gasteiger partial charge in [0.2, 0.25) is 0 Å². The molecule has 0 saturated carbocycles. The van der Waals surface area contributed by atoms with E-state index in [-0.39, 0.29) is 5.82 Å². The number of hydrogen-bond donors (Lipinski definition) is 1. The van der Waals surface area contributed by atoms with Crippen LogP contribution in [0.1, 0.15) is 5.56 Å². The number of nitriles is 1. The van der Waals surface area contributed by atoms with Crippen molar-refractivity contribution in [2.45, 2.75) is 0 Å². The van der Waals surface area contributed by atoms with Gasteiger partial charge in [0.25, 0.3) is 0 Å². The second kappa shape index (κ2) is 5.51. The fourth-order valence-corrected chi connectivity index (χ4v) is 2.46. The van der Waals surface area contributed by atoms with Gasteiger partial charge in [0.1, 0.15) is 17.7 Å². The van der Waals surface area contributed by atoms with E-state index in [0.717, 1.165) is 10.9 Å². The average molecular weight is 342 g/mol. The minimum absolute atomic E-state index is 0.334. The maximum absolute atomic E-state index is 13.1. The van der Waals surface area contributed by atoms with Crippen LogP contribution in [0, 0.1) is 17.1 Å². The molecule has 0 aliphatic heterocycles. The van der Waals surface area contributed by atoms with Gasteiger partial charge in [-0.3, -0.25) is 0 Å². The standard InChI is InChI=1S/C16H9BrFN3/c17-13-8-12(18)5-6-15(13)21-16-11(9-19)7-10-3-1-2-4-14(10)20-16/h1-8H,(H,20,21). The van der Waals surface area contributed by atoms with Crippen LogP contribution in [0.2, 0.25) is 0 Å². The number of nitrogens with zero attached hydrogens (tertiary/aromatic N) is 2. The van der Waals surface area contributed by atoms with E-state index in [0.29, 0.717) is 21.5 Å². The number of para-hydroxylation sites is 1. The number of hydrogen-bond acceptors (Lipinski definition) is 3. The van der Waals surface area contributed by atoms with Gasteiger partial charge in [-0.15, -0.1) is 0 Å². The molecule has 0 bridgehead atoms. The molecular weight excluding hydrogens is 333 g/mol. The monoisotopic (exact) mass is 341 g/mol. The van der Waals surface area contributed by atoms with Crippen molar-refractivity contribution in [2.24, 2.45) is 0 Å².